The zero-order valence-corrected chi connectivity index (χ0v) is 9.33. The number of nitrogens with zero attached hydrogens (tertiary/aromatic N) is 2. The van der Waals surface area contributed by atoms with Crippen molar-refractivity contribution < 1.29 is 0 Å². The number of fused-ring (bicyclic) bond motifs is 1. The molecule has 0 saturated heterocycles. The van der Waals surface area contributed by atoms with Gasteiger partial charge < -0.3 is 0 Å². The molecule has 1 aromatic rings. The molecule has 0 unspecified atom stereocenters. The summed E-state index contributed by atoms with van der Waals surface area (Å²) in [4.78, 5) is 4.60. The first-order chi connectivity index (χ1) is 7.00. The molecular formula is C13H14N2. The van der Waals surface area contributed by atoms with Crippen LogP contribution in [0, 0.1) is 16.7 Å². The second kappa shape index (κ2) is 3.20. The van der Waals surface area contributed by atoms with Crippen LogP contribution in [0.3, 0.4) is 0 Å². The molecule has 76 valence electrons. The Balaban J connectivity index is 2.41. The lowest BCUT2D eigenvalue weighted by molar-refractivity contribution is 0.584. The van der Waals surface area contributed by atoms with E-state index < -0.39 is 0 Å². The van der Waals surface area contributed by atoms with Crippen LogP contribution in [-0.4, -0.2) is 5.71 Å². The van der Waals surface area contributed by atoms with Gasteiger partial charge in [-0.1, -0.05) is 26.8 Å². The first kappa shape index (κ1) is 9.92. The first-order valence-electron chi connectivity index (χ1n) is 5.12. The minimum Gasteiger partial charge on any atom is -0.257 e. The van der Waals surface area contributed by atoms with Crippen LogP contribution in [0.15, 0.2) is 23.2 Å². The van der Waals surface area contributed by atoms with Gasteiger partial charge in [-0.05, 0) is 17.7 Å². The Morgan fingerprint density at radius 2 is 2.07 bits per heavy atom. The molecule has 0 radical (unpaired) electrons. The van der Waals surface area contributed by atoms with Crippen LogP contribution in [0.4, 0.5) is 5.69 Å². The molecule has 1 aromatic carbocycles. The first-order valence-corrected chi connectivity index (χ1v) is 5.12. The predicted octanol–water partition coefficient (Wildman–Crippen LogP) is 3.23. The quantitative estimate of drug-likeness (QED) is 0.630. The van der Waals surface area contributed by atoms with E-state index in [1.165, 1.54) is 11.3 Å². The van der Waals surface area contributed by atoms with E-state index in [0.717, 1.165) is 12.1 Å². The highest BCUT2D eigenvalue weighted by Gasteiger charge is 2.24. The van der Waals surface area contributed by atoms with Crippen molar-refractivity contribution in [2.24, 2.45) is 10.4 Å². The van der Waals surface area contributed by atoms with Crippen molar-refractivity contribution in [1.82, 2.24) is 0 Å². The Morgan fingerprint density at radius 3 is 2.67 bits per heavy atom. The summed E-state index contributed by atoms with van der Waals surface area (Å²) < 4.78 is 0. The van der Waals surface area contributed by atoms with Gasteiger partial charge in [0.25, 0.3) is 0 Å². The van der Waals surface area contributed by atoms with Gasteiger partial charge in [0.05, 0.1) is 17.3 Å². The number of hydrogen-bond acceptors (Lipinski definition) is 2. The van der Waals surface area contributed by atoms with Crippen molar-refractivity contribution in [3.05, 3.63) is 29.3 Å². The molecule has 0 amide bonds. The summed E-state index contributed by atoms with van der Waals surface area (Å²) in [6.07, 6.45) is 0.921. The van der Waals surface area contributed by atoms with E-state index in [9.17, 15) is 0 Å². The molecule has 2 heteroatoms. The number of aliphatic imine (C=N–C) groups is 1. The largest absolute Gasteiger partial charge is 0.257 e. The van der Waals surface area contributed by atoms with Gasteiger partial charge in [-0.25, -0.2) is 0 Å². The van der Waals surface area contributed by atoms with E-state index >= 15 is 0 Å². The minimum absolute atomic E-state index is 0.117. The summed E-state index contributed by atoms with van der Waals surface area (Å²) in [5.74, 6) is 0. The predicted molar refractivity (Wildman–Crippen MR) is 61.4 cm³/mol. The summed E-state index contributed by atoms with van der Waals surface area (Å²) in [5, 5.41) is 8.80. The Morgan fingerprint density at radius 1 is 1.33 bits per heavy atom. The smallest absolute Gasteiger partial charge is 0.0992 e. The standard InChI is InChI=1S/C13H14N2/c1-13(2,3)12-7-10-5-4-9(8-14)6-11(10)15-12/h4-6H,7H2,1-3H3. The highest BCUT2D eigenvalue weighted by molar-refractivity contribution is 5.97. The lowest BCUT2D eigenvalue weighted by Crippen LogP contribution is -2.19. The van der Waals surface area contributed by atoms with Crippen LogP contribution in [0.25, 0.3) is 0 Å². The van der Waals surface area contributed by atoms with Crippen LogP contribution >= 0.6 is 0 Å². The molecule has 15 heavy (non-hydrogen) atoms. The van der Waals surface area contributed by atoms with Crippen LogP contribution in [0.5, 0.6) is 0 Å². The molecule has 0 fully saturated rings. The maximum atomic E-state index is 8.80. The SMILES string of the molecule is CC(C)(C)C1=Nc2cc(C#N)ccc2C1. The molecule has 2 rings (SSSR count). The Hall–Kier alpha value is -1.62. The van der Waals surface area contributed by atoms with Gasteiger partial charge in [-0.2, -0.15) is 5.26 Å². The molecule has 0 atom stereocenters. The average molecular weight is 198 g/mol. The molecule has 1 aliphatic rings. The van der Waals surface area contributed by atoms with Gasteiger partial charge in [-0.15, -0.1) is 0 Å². The van der Waals surface area contributed by atoms with E-state index in [1.54, 1.807) is 0 Å². The van der Waals surface area contributed by atoms with E-state index in [0.29, 0.717) is 5.56 Å². The van der Waals surface area contributed by atoms with Crippen LogP contribution in [0.1, 0.15) is 31.9 Å². The molecule has 2 nitrogen and oxygen atoms in total. The Bertz CT molecular complexity index is 470. The molecule has 1 aliphatic heterocycles. The van der Waals surface area contributed by atoms with Gasteiger partial charge in [-0.3, -0.25) is 4.99 Å². The third-order valence-corrected chi connectivity index (χ3v) is 2.69. The van der Waals surface area contributed by atoms with Crippen molar-refractivity contribution >= 4 is 11.4 Å². The maximum absolute atomic E-state index is 8.80. The van der Waals surface area contributed by atoms with Gasteiger partial charge in [0, 0.05) is 17.5 Å². The molecule has 0 saturated carbocycles. The van der Waals surface area contributed by atoms with Crippen molar-refractivity contribution in [2.45, 2.75) is 27.2 Å². The van der Waals surface area contributed by atoms with E-state index in [-0.39, 0.29) is 5.41 Å². The van der Waals surface area contributed by atoms with Gasteiger partial charge >= 0.3 is 0 Å². The number of rotatable bonds is 0. The van der Waals surface area contributed by atoms with Crippen molar-refractivity contribution in [3.63, 3.8) is 0 Å². The van der Waals surface area contributed by atoms with Gasteiger partial charge in [0.1, 0.15) is 0 Å². The molecule has 0 N–H and O–H groups in total. The number of nitriles is 1. The maximum Gasteiger partial charge on any atom is 0.0992 e. The molecule has 0 aromatic heterocycles. The fourth-order valence-electron chi connectivity index (χ4n) is 1.69. The van der Waals surface area contributed by atoms with Crippen molar-refractivity contribution in [3.8, 4) is 6.07 Å². The highest BCUT2D eigenvalue weighted by atomic mass is 14.8. The monoisotopic (exact) mass is 198 g/mol. The zero-order valence-electron chi connectivity index (χ0n) is 9.33. The molecule has 1 heterocycles. The van der Waals surface area contributed by atoms with Crippen LogP contribution in [-0.2, 0) is 6.42 Å². The highest BCUT2D eigenvalue weighted by Crippen LogP contribution is 2.33. The normalized spacial score (nSPS) is 14.4. The Kier molecular flexibility index (Phi) is 2.12. The summed E-state index contributed by atoms with van der Waals surface area (Å²) >= 11 is 0. The third kappa shape index (κ3) is 1.78. The lowest BCUT2D eigenvalue weighted by Gasteiger charge is -2.17. The van der Waals surface area contributed by atoms with Gasteiger partial charge in [0.15, 0.2) is 0 Å². The number of benzene rings is 1. The topological polar surface area (TPSA) is 36.1 Å². The molecular weight excluding hydrogens is 184 g/mol. The van der Waals surface area contributed by atoms with Crippen molar-refractivity contribution in [1.29, 1.82) is 5.26 Å². The minimum atomic E-state index is 0.117. The van der Waals surface area contributed by atoms with Gasteiger partial charge in [0.2, 0.25) is 0 Å². The van der Waals surface area contributed by atoms with Crippen LogP contribution < -0.4 is 0 Å². The second-order valence-electron chi connectivity index (χ2n) is 4.94. The van der Waals surface area contributed by atoms with Crippen LogP contribution in [0.2, 0.25) is 0 Å². The molecule has 0 aliphatic carbocycles. The number of hydrogen-bond donors (Lipinski definition) is 0. The second-order valence-corrected chi connectivity index (χ2v) is 4.94. The fourth-order valence-corrected chi connectivity index (χ4v) is 1.69. The fraction of sp³-hybridized carbons (Fsp3) is 0.385. The lowest BCUT2D eigenvalue weighted by atomic mass is 9.87. The van der Waals surface area contributed by atoms with E-state index in [4.69, 9.17) is 5.26 Å². The summed E-state index contributed by atoms with van der Waals surface area (Å²) in [5.41, 5.74) is 4.21. The average Bonchev–Trinajstić information content (AvgIpc) is 2.59. The zero-order chi connectivity index (χ0) is 11.1. The third-order valence-electron chi connectivity index (χ3n) is 2.69. The van der Waals surface area contributed by atoms with Crippen molar-refractivity contribution in [2.75, 3.05) is 0 Å². The summed E-state index contributed by atoms with van der Waals surface area (Å²) in [7, 11) is 0. The van der Waals surface area contributed by atoms with E-state index in [1.807, 2.05) is 18.2 Å². The molecule has 0 bridgehead atoms. The van der Waals surface area contributed by atoms with E-state index in [2.05, 4.69) is 31.8 Å². The Labute approximate surface area is 90.3 Å². The summed E-state index contributed by atoms with van der Waals surface area (Å²) in [6.45, 7) is 6.51. The molecule has 0 spiro atoms. The summed E-state index contributed by atoms with van der Waals surface area (Å²) in [6, 6.07) is 7.88.